The number of hydrogen-bond acceptors (Lipinski definition) is 7. The van der Waals surface area contributed by atoms with E-state index in [0.29, 0.717) is 49.9 Å². The summed E-state index contributed by atoms with van der Waals surface area (Å²) in [5.74, 6) is 1.16. The lowest BCUT2D eigenvalue weighted by Crippen LogP contribution is -2.30. The number of halogens is 2. The van der Waals surface area contributed by atoms with Gasteiger partial charge in [0.15, 0.2) is 5.82 Å². The summed E-state index contributed by atoms with van der Waals surface area (Å²) in [4.78, 5) is 20.8. The molecule has 0 atom stereocenters. The van der Waals surface area contributed by atoms with Crippen molar-refractivity contribution in [1.29, 1.82) is 0 Å². The van der Waals surface area contributed by atoms with E-state index in [9.17, 15) is 4.79 Å². The molecule has 2 aromatic heterocycles. The van der Waals surface area contributed by atoms with Gasteiger partial charge < -0.3 is 25.6 Å². The fraction of sp³-hybridized carbons (Fsp3) is 0.367. The number of likely N-dealkylation sites (tertiary alicyclic amines) is 1. The maximum atomic E-state index is 13.7. The number of carbonyl (C=O) groups excluding carboxylic acids is 1. The first-order chi connectivity index (χ1) is 19.9. The van der Waals surface area contributed by atoms with Crippen molar-refractivity contribution in [1.82, 2.24) is 20.1 Å². The van der Waals surface area contributed by atoms with E-state index in [1.54, 1.807) is 18.2 Å². The van der Waals surface area contributed by atoms with Crippen molar-refractivity contribution in [2.24, 2.45) is 0 Å². The van der Waals surface area contributed by atoms with E-state index in [2.05, 4.69) is 50.2 Å². The van der Waals surface area contributed by atoms with Gasteiger partial charge in [0, 0.05) is 40.7 Å². The number of H-pyrrole nitrogens is 1. The molecule has 0 bridgehead atoms. The van der Waals surface area contributed by atoms with E-state index in [1.807, 2.05) is 18.2 Å². The topological polar surface area (TPSA) is 107 Å². The molecule has 9 nitrogen and oxygen atoms in total. The summed E-state index contributed by atoms with van der Waals surface area (Å²) in [6.07, 6.45) is 4.03. The molecule has 0 unspecified atom stereocenters. The number of aromatic nitrogens is 3. The minimum Gasteiger partial charge on any atom is -0.381 e. The Morgan fingerprint density at radius 3 is 2.51 bits per heavy atom. The van der Waals surface area contributed by atoms with Gasteiger partial charge in [-0.3, -0.25) is 9.89 Å². The summed E-state index contributed by atoms with van der Waals surface area (Å²) in [5.41, 5.74) is 4.64. The Balaban J connectivity index is 1.25. The second-order valence-electron chi connectivity index (χ2n) is 10.8. The Morgan fingerprint density at radius 2 is 1.76 bits per heavy atom. The molecule has 0 saturated carbocycles. The Bertz CT molecular complexity index is 1530. The molecule has 1 amide bonds. The smallest absolute Gasteiger partial charge is 0.259 e. The lowest BCUT2D eigenvalue weighted by atomic mass is 9.88. The number of hydrogen-bond donors (Lipinski definition) is 4. The van der Waals surface area contributed by atoms with Crippen LogP contribution in [0.25, 0.3) is 11.0 Å². The number of piperidine rings is 1. The number of amides is 1. The standard InChI is InChI=1S/C30H33Cl2N7O2/c1-39-10-6-18(7-11-39)19-2-3-24(26(14-19)33-22-8-12-41-13-9-22)30(40)36-29-28-25(37-38-29)4-5-27(35-28)34-23-16-20(31)15-21(32)17-23/h2-5,14-18,22,33H,6-13H2,1H3,(H,34,35)(H2,36,37,38,40). The average molecular weight is 595 g/mol. The van der Waals surface area contributed by atoms with Crippen LogP contribution in [-0.4, -0.2) is 65.4 Å². The highest BCUT2D eigenvalue weighted by Gasteiger charge is 2.23. The first-order valence-corrected chi connectivity index (χ1v) is 14.7. The van der Waals surface area contributed by atoms with Gasteiger partial charge in [-0.1, -0.05) is 29.3 Å². The number of benzene rings is 2. The van der Waals surface area contributed by atoms with Crippen molar-refractivity contribution >= 4 is 63.2 Å². The Labute approximate surface area is 249 Å². The molecule has 4 N–H and O–H groups in total. The maximum Gasteiger partial charge on any atom is 0.259 e. The molecule has 2 fully saturated rings. The van der Waals surface area contributed by atoms with Gasteiger partial charge in [0.25, 0.3) is 5.91 Å². The van der Waals surface area contributed by atoms with E-state index >= 15 is 0 Å². The fourth-order valence-corrected chi connectivity index (χ4v) is 6.07. The van der Waals surface area contributed by atoms with Gasteiger partial charge in [0.05, 0.1) is 11.1 Å². The van der Waals surface area contributed by atoms with Gasteiger partial charge in [0.1, 0.15) is 11.3 Å². The average Bonchev–Trinajstić information content (AvgIpc) is 3.35. The van der Waals surface area contributed by atoms with E-state index in [0.717, 1.165) is 57.7 Å². The Kier molecular flexibility index (Phi) is 8.30. The van der Waals surface area contributed by atoms with Crippen LogP contribution in [0.4, 0.5) is 23.0 Å². The third-order valence-electron chi connectivity index (χ3n) is 7.83. The van der Waals surface area contributed by atoms with Crippen LogP contribution in [0, 0.1) is 0 Å². The van der Waals surface area contributed by atoms with Crippen LogP contribution in [0.2, 0.25) is 10.0 Å². The number of pyridine rings is 1. The molecule has 11 heteroatoms. The number of fused-ring (bicyclic) bond motifs is 1. The molecule has 4 heterocycles. The molecule has 2 aliphatic rings. The van der Waals surface area contributed by atoms with Crippen LogP contribution in [0.5, 0.6) is 0 Å². The highest BCUT2D eigenvalue weighted by atomic mass is 35.5. The van der Waals surface area contributed by atoms with Gasteiger partial charge in [0.2, 0.25) is 0 Å². The second-order valence-corrected chi connectivity index (χ2v) is 11.7. The van der Waals surface area contributed by atoms with Crippen LogP contribution in [0.3, 0.4) is 0 Å². The number of anilines is 4. The Morgan fingerprint density at radius 1 is 1.00 bits per heavy atom. The molecule has 2 aliphatic heterocycles. The van der Waals surface area contributed by atoms with Crippen LogP contribution in [0.1, 0.15) is 47.5 Å². The maximum absolute atomic E-state index is 13.7. The van der Waals surface area contributed by atoms with Crippen molar-refractivity contribution in [2.75, 3.05) is 49.3 Å². The monoisotopic (exact) mass is 593 g/mol. The zero-order chi connectivity index (χ0) is 28.3. The van der Waals surface area contributed by atoms with E-state index in [-0.39, 0.29) is 11.9 Å². The van der Waals surface area contributed by atoms with Crippen molar-refractivity contribution in [3.05, 3.63) is 69.7 Å². The molecule has 2 aromatic carbocycles. The zero-order valence-corrected chi connectivity index (χ0v) is 24.4. The third-order valence-corrected chi connectivity index (χ3v) is 8.27. The lowest BCUT2D eigenvalue weighted by Gasteiger charge is -2.30. The first-order valence-electron chi connectivity index (χ1n) is 14.0. The molecule has 41 heavy (non-hydrogen) atoms. The fourth-order valence-electron chi connectivity index (χ4n) is 5.54. The van der Waals surface area contributed by atoms with Gasteiger partial charge in [-0.2, -0.15) is 5.10 Å². The van der Waals surface area contributed by atoms with Crippen molar-refractivity contribution in [2.45, 2.75) is 37.6 Å². The molecule has 0 radical (unpaired) electrons. The van der Waals surface area contributed by atoms with E-state index in [1.165, 1.54) is 5.56 Å². The highest BCUT2D eigenvalue weighted by molar-refractivity contribution is 6.35. The van der Waals surface area contributed by atoms with Gasteiger partial charge in [-0.25, -0.2) is 4.98 Å². The largest absolute Gasteiger partial charge is 0.381 e. The number of carbonyl (C=O) groups is 1. The lowest BCUT2D eigenvalue weighted by molar-refractivity contribution is 0.0904. The summed E-state index contributed by atoms with van der Waals surface area (Å²) < 4.78 is 5.55. The number of nitrogens with zero attached hydrogens (tertiary/aromatic N) is 3. The molecule has 0 aliphatic carbocycles. The highest BCUT2D eigenvalue weighted by Crippen LogP contribution is 2.32. The number of rotatable bonds is 7. The first kappa shape index (κ1) is 27.8. The third kappa shape index (κ3) is 6.59. The molecular formula is C30H33Cl2N7O2. The number of ether oxygens (including phenoxy) is 1. The zero-order valence-electron chi connectivity index (χ0n) is 22.8. The second kappa shape index (κ2) is 12.2. The molecular weight excluding hydrogens is 561 g/mol. The minimum absolute atomic E-state index is 0.246. The van der Waals surface area contributed by atoms with E-state index in [4.69, 9.17) is 32.9 Å². The van der Waals surface area contributed by atoms with Crippen LogP contribution in [0.15, 0.2) is 48.5 Å². The molecule has 0 spiro atoms. The summed E-state index contributed by atoms with van der Waals surface area (Å²) >= 11 is 12.3. The van der Waals surface area contributed by atoms with Gasteiger partial charge in [-0.15, -0.1) is 0 Å². The predicted octanol–water partition coefficient (Wildman–Crippen LogP) is 6.66. The molecule has 2 saturated heterocycles. The minimum atomic E-state index is -0.246. The van der Waals surface area contributed by atoms with Gasteiger partial charge in [-0.05, 0) is 99.8 Å². The Hall–Kier alpha value is -3.37. The SMILES string of the molecule is CN1CCC(c2ccc(C(=O)Nc3n[nH]c4ccc(Nc5cc(Cl)cc(Cl)c5)nc34)c(NC3CCOCC3)c2)CC1. The summed E-state index contributed by atoms with van der Waals surface area (Å²) in [6.45, 7) is 3.60. The van der Waals surface area contributed by atoms with Crippen LogP contribution >= 0.6 is 23.2 Å². The van der Waals surface area contributed by atoms with Gasteiger partial charge >= 0.3 is 0 Å². The van der Waals surface area contributed by atoms with Crippen LogP contribution in [-0.2, 0) is 4.74 Å². The molecule has 214 valence electrons. The summed E-state index contributed by atoms with van der Waals surface area (Å²) in [6, 6.07) is 15.3. The predicted molar refractivity (Wildman–Crippen MR) is 165 cm³/mol. The van der Waals surface area contributed by atoms with Crippen LogP contribution < -0.4 is 16.0 Å². The van der Waals surface area contributed by atoms with Crippen molar-refractivity contribution < 1.29 is 9.53 Å². The quantitative estimate of drug-likeness (QED) is 0.190. The van der Waals surface area contributed by atoms with E-state index < -0.39 is 0 Å². The molecule has 6 rings (SSSR count). The number of nitrogens with one attached hydrogen (secondary N) is 4. The van der Waals surface area contributed by atoms with Crippen molar-refractivity contribution in [3.8, 4) is 0 Å². The summed E-state index contributed by atoms with van der Waals surface area (Å²) in [5, 5.41) is 18.2. The number of aromatic amines is 1. The van der Waals surface area contributed by atoms with Crippen molar-refractivity contribution in [3.63, 3.8) is 0 Å². The normalized spacial score (nSPS) is 17.0. The summed E-state index contributed by atoms with van der Waals surface area (Å²) in [7, 11) is 2.17. The molecule has 4 aromatic rings.